The van der Waals surface area contributed by atoms with Crippen LogP contribution in [-0.4, -0.2) is 20.2 Å². The molecule has 1 aliphatic rings. The molecule has 1 N–H and O–H groups in total. The van der Waals surface area contributed by atoms with E-state index in [1.807, 2.05) is 54.6 Å². The zero-order valence-electron chi connectivity index (χ0n) is 14.6. The van der Waals surface area contributed by atoms with Gasteiger partial charge in [0.05, 0.1) is 0 Å². The van der Waals surface area contributed by atoms with E-state index in [4.69, 9.17) is 0 Å². The van der Waals surface area contributed by atoms with Crippen molar-refractivity contribution < 1.29 is 4.79 Å². The SMILES string of the molecule is Cc1cccc(Nc2c(C(=O)C3CCCC3)nc3cccc(C)n23)n1. The summed E-state index contributed by atoms with van der Waals surface area (Å²) in [6.07, 6.45) is 4.19. The van der Waals surface area contributed by atoms with E-state index >= 15 is 0 Å². The summed E-state index contributed by atoms with van der Waals surface area (Å²) in [7, 11) is 0. The van der Waals surface area contributed by atoms with Crippen molar-refractivity contribution in [3.05, 3.63) is 53.5 Å². The summed E-state index contributed by atoms with van der Waals surface area (Å²) in [6, 6.07) is 11.8. The van der Waals surface area contributed by atoms with E-state index in [9.17, 15) is 4.79 Å². The zero-order valence-corrected chi connectivity index (χ0v) is 14.6. The van der Waals surface area contributed by atoms with E-state index in [2.05, 4.69) is 15.3 Å². The largest absolute Gasteiger partial charge is 0.324 e. The van der Waals surface area contributed by atoms with Crippen molar-refractivity contribution in [3.8, 4) is 0 Å². The zero-order chi connectivity index (χ0) is 17.4. The molecule has 0 unspecified atom stereocenters. The van der Waals surface area contributed by atoms with Crippen LogP contribution in [0.4, 0.5) is 11.6 Å². The van der Waals surface area contributed by atoms with Gasteiger partial charge in [-0.05, 0) is 51.0 Å². The molecule has 4 rings (SSSR count). The van der Waals surface area contributed by atoms with Crippen LogP contribution in [0.5, 0.6) is 0 Å². The summed E-state index contributed by atoms with van der Waals surface area (Å²) in [5.41, 5.74) is 3.28. The standard InChI is InChI=1S/C20H22N4O/c1-13-7-5-11-16(21-13)22-20-18(19(25)15-9-3-4-10-15)23-17-12-6-8-14(2)24(17)20/h5-8,11-12,15H,3-4,9-10H2,1-2H3,(H,21,22). The van der Waals surface area contributed by atoms with Gasteiger partial charge in [0.2, 0.25) is 0 Å². The molecule has 0 amide bonds. The lowest BCUT2D eigenvalue weighted by Crippen LogP contribution is -2.14. The minimum atomic E-state index is 0.0937. The maximum Gasteiger partial charge on any atom is 0.188 e. The molecule has 1 aliphatic carbocycles. The molecule has 128 valence electrons. The smallest absolute Gasteiger partial charge is 0.188 e. The average Bonchev–Trinajstić information content (AvgIpc) is 3.23. The van der Waals surface area contributed by atoms with Crippen molar-refractivity contribution >= 4 is 23.1 Å². The Morgan fingerprint density at radius 1 is 1.08 bits per heavy atom. The summed E-state index contributed by atoms with van der Waals surface area (Å²) in [4.78, 5) is 22.2. The molecule has 1 fully saturated rings. The number of Topliss-reactive ketones (excluding diaryl/α,β-unsaturated/α-hetero) is 1. The number of ketones is 1. The molecule has 3 aromatic rings. The topological polar surface area (TPSA) is 59.3 Å². The molecule has 0 spiro atoms. The predicted molar refractivity (Wildman–Crippen MR) is 98.5 cm³/mol. The van der Waals surface area contributed by atoms with E-state index < -0.39 is 0 Å². The second kappa shape index (κ2) is 6.31. The van der Waals surface area contributed by atoms with Crippen molar-refractivity contribution in [1.82, 2.24) is 14.4 Å². The maximum absolute atomic E-state index is 13.1. The number of carbonyl (C=O) groups is 1. The number of hydrogen-bond donors (Lipinski definition) is 1. The van der Waals surface area contributed by atoms with Crippen molar-refractivity contribution in [2.45, 2.75) is 39.5 Å². The number of pyridine rings is 2. The van der Waals surface area contributed by atoms with Crippen molar-refractivity contribution in [3.63, 3.8) is 0 Å². The van der Waals surface area contributed by atoms with E-state index in [0.717, 1.165) is 54.4 Å². The van der Waals surface area contributed by atoms with Gasteiger partial charge in [-0.15, -0.1) is 0 Å². The lowest BCUT2D eigenvalue weighted by molar-refractivity contribution is 0.0919. The molecule has 0 aromatic carbocycles. The Morgan fingerprint density at radius 2 is 1.84 bits per heavy atom. The Balaban J connectivity index is 1.84. The molecule has 5 nitrogen and oxygen atoms in total. The highest BCUT2D eigenvalue weighted by atomic mass is 16.1. The van der Waals surface area contributed by atoms with Crippen molar-refractivity contribution in [1.29, 1.82) is 0 Å². The van der Waals surface area contributed by atoms with Crippen LogP contribution in [0.3, 0.4) is 0 Å². The first-order valence-corrected chi connectivity index (χ1v) is 8.86. The predicted octanol–water partition coefficient (Wildman–Crippen LogP) is 4.46. The third kappa shape index (κ3) is 2.90. The van der Waals surface area contributed by atoms with Crippen LogP contribution < -0.4 is 5.32 Å². The van der Waals surface area contributed by atoms with Gasteiger partial charge in [-0.2, -0.15) is 0 Å². The van der Waals surface area contributed by atoms with Crippen molar-refractivity contribution in [2.24, 2.45) is 5.92 Å². The van der Waals surface area contributed by atoms with Crippen LogP contribution in [0.15, 0.2) is 36.4 Å². The van der Waals surface area contributed by atoms with Crippen LogP contribution in [0.1, 0.15) is 47.6 Å². The highest BCUT2D eigenvalue weighted by Gasteiger charge is 2.29. The normalized spacial score (nSPS) is 15.0. The van der Waals surface area contributed by atoms with Crippen LogP contribution in [0, 0.1) is 19.8 Å². The number of rotatable bonds is 4. The summed E-state index contributed by atoms with van der Waals surface area (Å²) in [5.74, 6) is 1.70. The molecule has 0 bridgehead atoms. The highest BCUT2D eigenvalue weighted by molar-refractivity contribution is 6.02. The molecule has 3 heterocycles. The third-order valence-electron chi connectivity index (χ3n) is 4.93. The first kappa shape index (κ1) is 15.8. The van der Waals surface area contributed by atoms with Crippen LogP contribution in [0.2, 0.25) is 0 Å². The molecule has 0 radical (unpaired) electrons. The summed E-state index contributed by atoms with van der Waals surface area (Å²) in [6.45, 7) is 3.98. The number of fused-ring (bicyclic) bond motifs is 1. The molecule has 5 heteroatoms. The molecule has 3 aromatic heterocycles. The Kier molecular flexibility index (Phi) is 3.99. The Labute approximate surface area is 147 Å². The van der Waals surface area contributed by atoms with Gasteiger partial charge < -0.3 is 5.32 Å². The van der Waals surface area contributed by atoms with Gasteiger partial charge in [0, 0.05) is 17.3 Å². The van der Waals surface area contributed by atoms with Crippen LogP contribution in [-0.2, 0) is 0 Å². The number of anilines is 2. The number of nitrogens with zero attached hydrogens (tertiary/aromatic N) is 3. The molecule has 0 aliphatic heterocycles. The van der Waals surface area contributed by atoms with Gasteiger partial charge >= 0.3 is 0 Å². The number of hydrogen-bond acceptors (Lipinski definition) is 4. The van der Waals surface area contributed by atoms with Gasteiger partial charge in [0.1, 0.15) is 23.0 Å². The molecule has 0 saturated heterocycles. The minimum absolute atomic E-state index is 0.0937. The summed E-state index contributed by atoms with van der Waals surface area (Å²) < 4.78 is 2.01. The number of nitrogens with one attached hydrogen (secondary N) is 1. The van der Waals surface area contributed by atoms with E-state index in [1.54, 1.807) is 0 Å². The first-order chi connectivity index (χ1) is 12.1. The van der Waals surface area contributed by atoms with Gasteiger partial charge in [0.25, 0.3) is 0 Å². The lowest BCUT2D eigenvalue weighted by Gasteiger charge is -2.11. The monoisotopic (exact) mass is 334 g/mol. The molecular weight excluding hydrogens is 312 g/mol. The minimum Gasteiger partial charge on any atom is -0.324 e. The maximum atomic E-state index is 13.1. The molecule has 0 atom stereocenters. The Morgan fingerprint density at radius 3 is 2.60 bits per heavy atom. The molecule has 25 heavy (non-hydrogen) atoms. The number of carbonyl (C=O) groups excluding carboxylic acids is 1. The number of aromatic nitrogens is 3. The lowest BCUT2D eigenvalue weighted by atomic mass is 10.00. The highest BCUT2D eigenvalue weighted by Crippen LogP contribution is 2.32. The Bertz CT molecular complexity index is 938. The quantitative estimate of drug-likeness (QED) is 0.716. The van der Waals surface area contributed by atoms with E-state index in [1.165, 1.54) is 0 Å². The number of aryl methyl sites for hydroxylation is 2. The first-order valence-electron chi connectivity index (χ1n) is 8.86. The second-order valence-electron chi connectivity index (χ2n) is 6.80. The van der Waals surface area contributed by atoms with Crippen LogP contribution in [0.25, 0.3) is 5.65 Å². The molecular formula is C20H22N4O. The second-order valence-corrected chi connectivity index (χ2v) is 6.80. The van der Waals surface area contributed by atoms with Crippen LogP contribution >= 0.6 is 0 Å². The average molecular weight is 334 g/mol. The van der Waals surface area contributed by atoms with E-state index in [0.29, 0.717) is 5.69 Å². The van der Waals surface area contributed by atoms with Crippen molar-refractivity contribution in [2.75, 3.05) is 5.32 Å². The van der Waals surface area contributed by atoms with Gasteiger partial charge in [0.15, 0.2) is 5.78 Å². The van der Waals surface area contributed by atoms with Gasteiger partial charge in [-0.3, -0.25) is 9.20 Å². The van der Waals surface area contributed by atoms with E-state index in [-0.39, 0.29) is 11.7 Å². The third-order valence-corrected chi connectivity index (χ3v) is 4.93. The molecule has 1 saturated carbocycles. The fraction of sp³-hybridized carbons (Fsp3) is 0.350. The fourth-order valence-electron chi connectivity index (χ4n) is 3.66. The summed E-state index contributed by atoms with van der Waals surface area (Å²) in [5, 5.41) is 3.35. The van der Waals surface area contributed by atoms with Gasteiger partial charge in [-0.25, -0.2) is 9.97 Å². The summed E-state index contributed by atoms with van der Waals surface area (Å²) >= 11 is 0. The Hall–Kier alpha value is -2.69. The van der Waals surface area contributed by atoms with Gasteiger partial charge in [-0.1, -0.05) is 25.0 Å². The fourth-order valence-corrected chi connectivity index (χ4v) is 3.66. The number of imidazole rings is 1.